The van der Waals surface area contributed by atoms with Crippen molar-refractivity contribution in [2.24, 2.45) is 5.92 Å². The Bertz CT molecular complexity index is 741. The minimum atomic E-state index is -0.686. The van der Waals surface area contributed by atoms with E-state index in [-0.39, 0.29) is 12.5 Å². The van der Waals surface area contributed by atoms with Gasteiger partial charge in [0.2, 0.25) is 5.75 Å². The second-order valence-electron chi connectivity index (χ2n) is 7.26. The molecule has 1 aliphatic carbocycles. The molecule has 9 nitrogen and oxygen atoms in total. The van der Waals surface area contributed by atoms with Gasteiger partial charge < -0.3 is 24.3 Å². The van der Waals surface area contributed by atoms with Gasteiger partial charge in [0.15, 0.2) is 18.1 Å². The lowest BCUT2D eigenvalue weighted by molar-refractivity contribution is -0.147. The summed E-state index contributed by atoms with van der Waals surface area (Å²) in [6.45, 7) is 1.54. The van der Waals surface area contributed by atoms with Crippen LogP contribution in [0.4, 0.5) is 4.79 Å². The van der Waals surface area contributed by atoms with Crippen molar-refractivity contribution in [3.05, 3.63) is 17.7 Å². The van der Waals surface area contributed by atoms with Gasteiger partial charge in [0.05, 0.1) is 27.8 Å². The summed E-state index contributed by atoms with van der Waals surface area (Å²) in [7, 11) is 4.43. The molecule has 30 heavy (non-hydrogen) atoms. The smallest absolute Gasteiger partial charge is 0.321 e. The maximum Gasteiger partial charge on any atom is 0.321 e. The summed E-state index contributed by atoms with van der Waals surface area (Å²) in [6, 6.07) is 2.73. The highest BCUT2D eigenvalue weighted by molar-refractivity contribution is 5.95. The number of carbonyl (C=O) groups is 3. The quantitative estimate of drug-likeness (QED) is 0.618. The number of rotatable bonds is 8. The third-order valence-electron chi connectivity index (χ3n) is 5.12. The maximum absolute atomic E-state index is 12.1. The average Bonchev–Trinajstić information content (AvgIpc) is 2.73. The normalized spacial score (nSPS) is 18.1. The van der Waals surface area contributed by atoms with E-state index in [2.05, 4.69) is 17.6 Å². The van der Waals surface area contributed by atoms with Gasteiger partial charge in [-0.3, -0.25) is 14.9 Å². The van der Waals surface area contributed by atoms with Crippen LogP contribution in [0.1, 0.15) is 38.2 Å². The molecule has 166 valence electrons. The number of urea groups is 1. The molecule has 1 fully saturated rings. The van der Waals surface area contributed by atoms with E-state index in [1.807, 2.05) is 0 Å². The van der Waals surface area contributed by atoms with Gasteiger partial charge in [-0.05, 0) is 36.5 Å². The number of hydrogen-bond donors (Lipinski definition) is 2. The Labute approximate surface area is 176 Å². The number of carbonyl (C=O) groups excluding carboxylic acids is 3. The molecule has 0 bridgehead atoms. The molecule has 9 heteroatoms. The molecule has 0 unspecified atom stereocenters. The van der Waals surface area contributed by atoms with Crippen molar-refractivity contribution in [1.29, 1.82) is 0 Å². The Kier molecular flexibility index (Phi) is 8.76. The summed E-state index contributed by atoms with van der Waals surface area (Å²) < 4.78 is 20.7. The van der Waals surface area contributed by atoms with E-state index >= 15 is 0 Å². The number of methoxy groups -OCH3 is 3. The van der Waals surface area contributed by atoms with E-state index in [1.165, 1.54) is 21.3 Å². The van der Waals surface area contributed by atoms with E-state index < -0.39 is 24.5 Å². The predicted molar refractivity (Wildman–Crippen MR) is 109 cm³/mol. The Balaban J connectivity index is 1.82. The zero-order valence-corrected chi connectivity index (χ0v) is 17.9. The van der Waals surface area contributed by atoms with Gasteiger partial charge in [0.25, 0.3) is 5.91 Å². The monoisotopic (exact) mass is 422 g/mol. The summed E-state index contributed by atoms with van der Waals surface area (Å²) in [6.07, 6.45) is 4.06. The summed E-state index contributed by atoms with van der Waals surface area (Å²) in [5, 5.41) is 5.01. The number of hydrogen-bond acceptors (Lipinski definition) is 7. The van der Waals surface area contributed by atoms with E-state index in [9.17, 15) is 14.4 Å². The highest BCUT2D eigenvalue weighted by atomic mass is 16.5. The third-order valence-corrected chi connectivity index (χ3v) is 5.12. The lowest BCUT2D eigenvalue weighted by Crippen LogP contribution is -2.48. The number of amides is 3. The van der Waals surface area contributed by atoms with Crippen LogP contribution in [0, 0.1) is 5.92 Å². The number of ether oxygens (including phenoxy) is 4. The molecule has 0 aliphatic heterocycles. The van der Waals surface area contributed by atoms with Gasteiger partial charge in [-0.25, -0.2) is 4.79 Å². The van der Waals surface area contributed by atoms with Gasteiger partial charge in [-0.15, -0.1) is 0 Å². The number of benzene rings is 1. The standard InChI is InChI=1S/C21H30N2O7/c1-13-7-5-6-8-15(13)22-21(26)23-18(24)12-30-19(25)11-14-9-16(27-2)20(29-4)17(10-14)28-3/h9-10,13,15H,5-8,11-12H2,1-4H3,(H2,22,23,24,26)/t13-,15-/m1/s1. The maximum atomic E-state index is 12.1. The van der Waals surface area contributed by atoms with Crippen molar-refractivity contribution in [1.82, 2.24) is 10.6 Å². The van der Waals surface area contributed by atoms with Crippen molar-refractivity contribution < 1.29 is 33.3 Å². The van der Waals surface area contributed by atoms with Gasteiger partial charge in [-0.1, -0.05) is 19.8 Å². The van der Waals surface area contributed by atoms with E-state index in [0.29, 0.717) is 28.7 Å². The van der Waals surface area contributed by atoms with Crippen molar-refractivity contribution in [3.63, 3.8) is 0 Å². The molecule has 0 saturated heterocycles. The van der Waals surface area contributed by atoms with Crippen molar-refractivity contribution in [2.45, 2.75) is 45.1 Å². The molecule has 2 N–H and O–H groups in total. The van der Waals surface area contributed by atoms with Crippen LogP contribution in [-0.2, 0) is 20.7 Å². The fourth-order valence-electron chi connectivity index (χ4n) is 3.50. The fourth-order valence-corrected chi connectivity index (χ4v) is 3.50. The lowest BCUT2D eigenvalue weighted by Gasteiger charge is -2.29. The molecule has 0 radical (unpaired) electrons. The zero-order valence-electron chi connectivity index (χ0n) is 17.9. The summed E-state index contributed by atoms with van der Waals surface area (Å²) in [4.78, 5) is 36.0. The first-order valence-electron chi connectivity index (χ1n) is 9.92. The molecular formula is C21H30N2O7. The average molecular weight is 422 g/mol. The second kappa shape index (κ2) is 11.3. The van der Waals surface area contributed by atoms with Crippen LogP contribution in [0.25, 0.3) is 0 Å². The van der Waals surface area contributed by atoms with Crippen LogP contribution < -0.4 is 24.8 Å². The molecule has 1 aromatic carbocycles. The molecule has 1 aromatic rings. The molecular weight excluding hydrogens is 392 g/mol. The van der Waals surface area contributed by atoms with Crippen LogP contribution in [0.2, 0.25) is 0 Å². The molecule has 2 atom stereocenters. The fraction of sp³-hybridized carbons (Fsp3) is 0.571. The second-order valence-corrected chi connectivity index (χ2v) is 7.26. The highest BCUT2D eigenvalue weighted by Crippen LogP contribution is 2.38. The van der Waals surface area contributed by atoms with Crippen LogP contribution in [0.15, 0.2) is 12.1 Å². The van der Waals surface area contributed by atoms with Gasteiger partial charge in [0, 0.05) is 6.04 Å². The topological polar surface area (TPSA) is 112 Å². The first-order chi connectivity index (χ1) is 14.4. The minimum Gasteiger partial charge on any atom is -0.493 e. The van der Waals surface area contributed by atoms with Gasteiger partial charge in [-0.2, -0.15) is 0 Å². The van der Waals surface area contributed by atoms with Crippen LogP contribution in [0.5, 0.6) is 17.2 Å². The lowest BCUT2D eigenvalue weighted by atomic mass is 9.86. The van der Waals surface area contributed by atoms with Crippen molar-refractivity contribution in [3.8, 4) is 17.2 Å². The summed E-state index contributed by atoms with van der Waals surface area (Å²) in [5.41, 5.74) is 0.568. The molecule has 1 saturated carbocycles. The van der Waals surface area contributed by atoms with E-state index in [1.54, 1.807) is 12.1 Å². The summed E-state index contributed by atoms with van der Waals surface area (Å²) in [5.74, 6) is 0.289. The first-order valence-corrected chi connectivity index (χ1v) is 9.92. The minimum absolute atomic E-state index is 0.0501. The first kappa shape index (κ1) is 23.3. The van der Waals surface area contributed by atoms with Crippen molar-refractivity contribution >= 4 is 17.9 Å². The third kappa shape index (κ3) is 6.53. The molecule has 0 heterocycles. The molecule has 3 amide bonds. The largest absolute Gasteiger partial charge is 0.493 e. The number of esters is 1. The molecule has 0 aromatic heterocycles. The Morgan fingerprint density at radius 1 is 1.00 bits per heavy atom. The Hall–Kier alpha value is -2.97. The van der Waals surface area contributed by atoms with Crippen LogP contribution >= 0.6 is 0 Å². The summed E-state index contributed by atoms with van der Waals surface area (Å²) >= 11 is 0. The van der Waals surface area contributed by atoms with E-state index in [0.717, 1.165) is 25.7 Å². The molecule has 2 rings (SSSR count). The highest BCUT2D eigenvalue weighted by Gasteiger charge is 2.23. The Morgan fingerprint density at radius 3 is 2.20 bits per heavy atom. The van der Waals surface area contributed by atoms with Crippen LogP contribution in [0.3, 0.4) is 0 Å². The Morgan fingerprint density at radius 2 is 1.63 bits per heavy atom. The van der Waals surface area contributed by atoms with Gasteiger partial charge >= 0.3 is 12.0 Å². The van der Waals surface area contributed by atoms with Crippen molar-refractivity contribution in [2.75, 3.05) is 27.9 Å². The van der Waals surface area contributed by atoms with E-state index in [4.69, 9.17) is 18.9 Å². The zero-order chi connectivity index (χ0) is 22.1. The van der Waals surface area contributed by atoms with Gasteiger partial charge in [0.1, 0.15) is 0 Å². The molecule has 1 aliphatic rings. The molecule has 0 spiro atoms. The predicted octanol–water partition coefficient (Wildman–Crippen LogP) is 2.20. The van der Waals surface area contributed by atoms with Crippen LogP contribution in [-0.4, -0.2) is 51.9 Å². The number of nitrogens with one attached hydrogen (secondary N) is 2. The SMILES string of the molecule is COc1cc(CC(=O)OCC(=O)NC(=O)N[C@@H]2CCCC[C@H]2C)cc(OC)c1OC. The number of imide groups is 1.